The Morgan fingerprint density at radius 1 is 1.21 bits per heavy atom. The summed E-state index contributed by atoms with van der Waals surface area (Å²) in [5.41, 5.74) is -1.13. The zero-order chi connectivity index (χ0) is 14.3. The zero-order valence-electron chi connectivity index (χ0n) is 10.3. The van der Waals surface area contributed by atoms with Gasteiger partial charge in [0.05, 0.1) is 6.61 Å². The first kappa shape index (κ1) is 16.0. The summed E-state index contributed by atoms with van der Waals surface area (Å²) in [6.45, 7) is 3.01. The Morgan fingerprint density at radius 2 is 1.95 bits per heavy atom. The van der Waals surface area contributed by atoms with E-state index in [1.165, 1.54) is 0 Å². The van der Waals surface area contributed by atoms with E-state index in [1.54, 1.807) is 0 Å². The summed E-state index contributed by atoms with van der Waals surface area (Å²) >= 11 is 5.40. The first-order valence-electron chi connectivity index (χ1n) is 5.75. The van der Waals surface area contributed by atoms with Crippen LogP contribution in [0.15, 0.2) is 6.07 Å². The molecule has 0 atom stereocenters. The van der Waals surface area contributed by atoms with E-state index in [0.29, 0.717) is 12.7 Å². The van der Waals surface area contributed by atoms with E-state index < -0.39 is 17.2 Å². The van der Waals surface area contributed by atoms with E-state index in [9.17, 15) is 13.2 Å². The maximum absolute atomic E-state index is 12.4. The molecule has 0 aliphatic carbocycles. The lowest BCUT2D eigenvalue weighted by atomic mass is 10.4. The van der Waals surface area contributed by atoms with Crippen molar-refractivity contribution in [2.75, 3.05) is 19.8 Å². The Morgan fingerprint density at radius 3 is 2.58 bits per heavy atom. The number of nitrogens with zero attached hydrogens (tertiary/aromatic N) is 2. The lowest BCUT2D eigenvalue weighted by Gasteiger charge is -2.09. The second-order valence-electron chi connectivity index (χ2n) is 3.67. The van der Waals surface area contributed by atoms with Crippen LogP contribution in [0.4, 0.5) is 13.2 Å². The lowest BCUT2D eigenvalue weighted by Crippen LogP contribution is -2.12. The van der Waals surface area contributed by atoms with Gasteiger partial charge in [-0.1, -0.05) is 13.3 Å². The van der Waals surface area contributed by atoms with Gasteiger partial charge in [-0.15, -0.1) is 0 Å². The van der Waals surface area contributed by atoms with E-state index in [-0.39, 0.29) is 19.1 Å². The number of hydrogen-bond acceptors (Lipinski definition) is 4. The van der Waals surface area contributed by atoms with Gasteiger partial charge >= 0.3 is 6.18 Å². The Hall–Kier alpha value is -1.08. The van der Waals surface area contributed by atoms with Gasteiger partial charge in [0.25, 0.3) is 0 Å². The number of halogens is 4. The molecule has 19 heavy (non-hydrogen) atoms. The minimum atomic E-state index is -4.58. The van der Waals surface area contributed by atoms with Crippen LogP contribution in [0.2, 0.25) is 5.28 Å². The van der Waals surface area contributed by atoms with Crippen LogP contribution in [0.1, 0.15) is 25.5 Å². The normalized spacial score (nSPS) is 11.6. The summed E-state index contributed by atoms with van der Waals surface area (Å²) < 4.78 is 47.6. The minimum Gasteiger partial charge on any atom is -0.475 e. The van der Waals surface area contributed by atoms with Crippen molar-refractivity contribution in [3.63, 3.8) is 0 Å². The largest absolute Gasteiger partial charge is 0.475 e. The molecule has 0 unspecified atom stereocenters. The van der Waals surface area contributed by atoms with Crippen LogP contribution in [-0.2, 0) is 10.9 Å². The van der Waals surface area contributed by atoms with Crippen molar-refractivity contribution in [3.8, 4) is 5.88 Å². The van der Waals surface area contributed by atoms with Crippen molar-refractivity contribution in [2.24, 2.45) is 0 Å². The average molecular weight is 299 g/mol. The summed E-state index contributed by atoms with van der Waals surface area (Å²) in [7, 11) is 0. The molecule has 0 saturated heterocycles. The molecule has 1 rings (SSSR count). The van der Waals surface area contributed by atoms with Gasteiger partial charge in [0.15, 0.2) is 5.69 Å². The number of alkyl halides is 3. The van der Waals surface area contributed by atoms with Gasteiger partial charge in [-0.3, -0.25) is 0 Å². The monoisotopic (exact) mass is 298 g/mol. The molecule has 0 bridgehead atoms. The van der Waals surface area contributed by atoms with Gasteiger partial charge in [-0.05, 0) is 18.0 Å². The quantitative estimate of drug-likeness (QED) is 0.572. The van der Waals surface area contributed by atoms with Crippen LogP contribution in [0, 0.1) is 0 Å². The molecule has 0 fully saturated rings. The number of rotatable bonds is 7. The third kappa shape index (κ3) is 6.07. The fourth-order valence-corrected chi connectivity index (χ4v) is 1.34. The van der Waals surface area contributed by atoms with Gasteiger partial charge in [0.1, 0.15) is 6.61 Å². The molecule has 4 nitrogen and oxygen atoms in total. The summed E-state index contributed by atoms with van der Waals surface area (Å²) in [5, 5.41) is -0.503. The van der Waals surface area contributed by atoms with E-state index >= 15 is 0 Å². The molecule has 1 aromatic heterocycles. The van der Waals surface area contributed by atoms with Crippen LogP contribution >= 0.6 is 11.6 Å². The summed E-state index contributed by atoms with van der Waals surface area (Å²) in [4.78, 5) is 6.65. The highest BCUT2D eigenvalue weighted by Crippen LogP contribution is 2.30. The molecule has 0 spiro atoms. The average Bonchev–Trinajstić information content (AvgIpc) is 2.32. The molecule has 0 N–H and O–H groups in total. The molecule has 0 saturated carbocycles. The van der Waals surface area contributed by atoms with Gasteiger partial charge in [0.2, 0.25) is 11.2 Å². The fraction of sp³-hybridized carbons (Fsp3) is 0.636. The third-order valence-electron chi connectivity index (χ3n) is 2.09. The van der Waals surface area contributed by atoms with Gasteiger partial charge in [-0.2, -0.15) is 18.2 Å². The second kappa shape index (κ2) is 7.49. The van der Waals surface area contributed by atoms with Gasteiger partial charge in [0, 0.05) is 12.7 Å². The summed E-state index contributed by atoms with van der Waals surface area (Å²) in [5.74, 6) is -0.216. The molecule has 1 heterocycles. The minimum absolute atomic E-state index is 0.106. The maximum atomic E-state index is 12.4. The molecule has 0 aliphatic rings. The molecule has 0 aromatic carbocycles. The topological polar surface area (TPSA) is 44.2 Å². The Labute approximate surface area is 113 Å². The Bertz CT molecular complexity index is 402. The van der Waals surface area contributed by atoms with Crippen molar-refractivity contribution in [1.82, 2.24) is 9.97 Å². The van der Waals surface area contributed by atoms with Gasteiger partial charge < -0.3 is 9.47 Å². The first-order valence-corrected chi connectivity index (χ1v) is 6.13. The summed E-state index contributed by atoms with van der Waals surface area (Å²) in [6, 6.07) is 0.706. The number of unbranched alkanes of at least 4 members (excludes halogenated alkanes) is 1. The lowest BCUT2D eigenvalue weighted by molar-refractivity contribution is -0.141. The standard InChI is InChI=1S/C11H14ClF3N2O2/c1-2-3-4-18-5-6-19-9-7-8(11(13,14)15)16-10(12)17-9/h7H,2-6H2,1H3. The highest BCUT2D eigenvalue weighted by molar-refractivity contribution is 6.28. The van der Waals surface area contributed by atoms with E-state index in [0.717, 1.165) is 12.8 Å². The van der Waals surface area contributed by atoms with E-state index in [2.05, 4.69) is 9.97 Å². The van der Waals surface area contributed by atoms with Crippen molar-refractivity contribution in [1.29, 1.82) is 0 Å². The van der Waals surface area contributed by atoms with Crippen LogP contribution in [0.3, 0.4) is 0 Å². The van der Waals surface area contributed by atoms with Crippen LogP contribution in [0.25, 0.3) is 0 Å². The first-order chi connectivity index (χ1) is 8.93. The molecule has 0 aliphatic heterocycles. The second-order valence-corrected chi connectivity index (χ2v) is 4.01. The number of ether oxygens (including phenoxy) is 2. The number of hydrogen-bond donors (Lipinski definition) is 0. The van der Waals surface area contributed by atoms with Crippen LogP contribution in [-0.4, -0.2) is 29.8 Å². The SMILES string of the molecule is CCCCOCCOc1cc(C(F)(F)F)nc(Cl)n1. The van der Waals surface area contributed by atoms with E-state index in [4.69, 9.17) is 21.1 Å². The van der Waals surface area contributed by atoms with Crippen molar-refractivity contribution in [3.05, 3.63) is 17.0 Å². The third-order valence-corrected chi connectivity index (χ3v) is 2.25. The Kier molecular flexibility index (Phi) is 6.30. The Balaban J connectivity index is 2.48. The number of aromatic nitrogens is 2. The zero-order valence-corrected chi connectivity index (χ0v) is 11.1. The molecule has 0 amide bonds. The van der Waals surface area contributed by atoms with Crippen molar-refractivity contribution < 1.29 is 22.6 Å². The van der Waals surface area contributed by atoms with Crippen molar-refractivity contribution in [2.45, 2.75) is 25.9 Å². The molecule has 8 heteroatoms. The molecular formula is C11H14ClF3N2O2. The van der Waals surface area contributed by atoms with Crippen LogP contribution in [0.5, 0.6) is 5.88 Å². The maximum Gasteiger partial charge on any atom is 0.433 e. The fourth-order valence-electron chi connectivity index (χ4n) is 1.17. The predicted molar refractivity (Wildman–Crippen MR) is 63.3 cm³/mol. The molecule has 108 valence electrons. The highest BCUT2D eigenvalue weighted by Gasteiger charge is 2.33. The smallest absolute Gasteiger partial charge is 0.433 e. The molecule has 1 aromatic rings. The highest BCUT2D eigenvalue weighted by atomic mass is 35.5. The van der Waals surface area contributed by atoms with E-state index in [1.807, 2.05) is 6.92 Å². The summed E-state index contributed by atoms with van der Waals surface area (Å²) in [6.07, 6.45) is -2.64. The van der Waals surface area contributed by atoms with Crippen LogP contribution < -0.4 is 4.74 Å². The molecule has 0 radical (unpaired) electrons. The predicted octanol–water partition coefficient (Wildman–Crippen LogP) is 3.34. The van der Waals surface area contributed by atoms with Crippen molar-refractivity contribution >= 4 is 11.6 Å². The molecular weight excluding hydrogens is 285 g/mol. The van der Waals surface area contributed by atoms with Gasteiger partial charge in [-0.25, -0.2) is 4.98 Å².